The third-order valence-electron chi connectivity index (χ3n) is 4.13. The molecule has 3 rings (SSSR count). The Kier molecular flexibility index (Phi) is 3.75. The highest BCUT2D eigenvalue weighted by molar-refractivity contribution is 6.31. The molecule has 0 aliphatic carbocycles. The molecule has 3 atom stereocenters. The Labute approximate surface area is 123 Å². The molecule has 2 saturated heterocycles. The van der Waals surface area contributed by atoms with Gasteiger partial charge in [-0.25, -0.2) is 0 Å². The van der Waals surface area contributed by atoms with Gasteiger partial charge in [-0.1, -0.05) is 11.6 Å². The van der Waals surface area contributed by atoms with Crippen LogP contribution in [0, 0.1) is 0 Å². The number of aryl methyl sites for hydroxylation is 1. The van der Waals surface area contributed by atoms with Crippen LogP contribution in [-0.4, -0.2) is 53.3 Å². The molecule has 1 amide bonds. The van der Waals surface area contributed by atoms with Gasteiger partial charge in [0.05, 0.1) is 17.7 Å². The highest BCUT2D eigenvalue weighted by Gasteiger charge is 2.36. The Bertz CT molecular complexity index is 517. The number of nitrogens with one attached hydrogen (secondary N) is 1. The first-order chi connectivity index (χ1) is 9.52. The summed E-state index contributed by atoms with van der Waals surface area (Å²) in [6.45, 7) is 4.72. The lowest BCUT2D eigenvalue weighted by Gasteiger charge is -2.33. The van der Waals surface area contributed by atoms with Crippen LogP contribution in [0.1, 0.15) is 23.8 Å². The van der Waals surface area contributed by atoms with Crippen LogP contribution in [-0.2, 0) is 11.8 Å². The minimum Gasteiger partial charge on any atom is -0.376 e. The number of aromatic nitrogens is 1. The highest BCUT2D eigenvalue weighted by Crippen LogP contribution is 2.23. The maximum atomic E-state index is 12.3. The number of nitrogens with zero attached hydrogens (tertiary/aromatic N) is 2. The Morgan fingerprint density at radius 3 is 3.00 bits per heavy atom. The number of fused-ring (bicyclic) bond motifs is 1. The minimum atomic E-state index is -0.0572. The molecule has 0 aromatic carbocycles. The molecule has 3 heterocycles. The fourth-order valence-corrected chi connectivity index (χ4v) is 3.40. The molecule has 0 radical (unpaired) electrons. The SMILES string of the molecule is C[C@@H]1CN2C[C@@H](NC(=O)c3cc(Cl)cn3C)C[C@H]2CO1. The lowest BCUT2D eigenvalue weighted by Crippen LogP contribution is -2.45. The predicted octanol–water partition coefficient (Wildman–Crippen LogP) is 1.27. The molecule has 2 aliphatic heterocycles. The zero-order valence-corrected chi connectivity index (χ0v) is 12.6. The van der Waals surface area contributed by atoms with Crippen molar-refractivity contribution in [3.8, 4) is 0 Å². The van der Waals surface area contributed by atoms with Crippen LogP contribution < -0.4 is 5.32 Å². The molecule has 2 fully saturated rings. The normalized spacial score (nSPS) is 30.2. The lowest BCUT2D eigenvalue weighted by molar-refractivity contribution is -0.0390. The van der Waals surface area contributed by atoms with Gasteiger partial charge in [-0.2, -0.15) is 0 Å². The van der Waals surface area contributed by atoms with Gasteiger partial charge in [0.15, 0.2) is 0 Å². The van der Waals surface area contributed by atoms with E-state index in [1.807, 2.05) is 7.05 Å². The number of hydrogen-bond donors (Lipinski definition) is 1. The summed E-state index contributed by atoms with van der Waals surface area (Å²) in [6.07, 6.45) is 2.98. The van der Waals surface area contributed by atoms with Crippen LogP contribution in [0.2, 0.25) is 5.02 Å². The van der Waals surface area contributed by atoms with Gasteiger partial charge in [-0.3, -0.25) is 9.69 Å². The zero-order valence-electron chi connectivity index (χ0n) is 11.8. The summed E-state index contributed by atoms with van der Waals surface area (Å²) in [5, 5.41) is 3.69. The summed E-state index contributed by atoms with van der Waals surface area (Å²) < 4.78 is 7.43. The fourth-order valence-electron chi connectivity index (χ4n) is 3.15. The van der Waals surface area contributed by atoms with Crippen LogP contribution in [0.25, 0.3) is 0 Å². The number of hydrogen-bond acceptors (Lipinski definition) is 3. The number of rotatable bonds is 2. The van der Waals surface area contributed by atoms with Crippen molar-refractivity contribution in [2.75, 3.05) is 19.7 Å². The predicted molar refractivity (Wildman–Crippen MR) is 77.1 cm³/mol. The van der Waals surface area contributed by atoms with Gasteiger partial charge in [0.1, 0.15) is 5.69 Å². The Morgan fingerprint density at radius 1 is 1.50 bits per heavy atom. The topological polar surface area (TPSA) is 46.5 Å². The Morgan fingerprint density at radius 2 is 2.30 bits per heavy atom. The largest absolute Gasteiger partial charge is 0.376 e. The van der Waals surface area contributed by atoms with Gasteiger partial charge in [0.2, 0.25) is 0 Å². The van der Waals surface area contributed by atoms with Gasteiger partial charge < -0.3 is 14.6 Å². The molecule has 0 saturated carbocycles. The lowest BCUT2D eigenvalue weighted by atomic mass is 10.1. The molecule has 1 aromatic rings. The molecule has 0 spiro atoms. The van der Waals surface area contributed by atoms with E-state index in [1.165, 1.54) is 0 Å². The molecule has 5 nitrogen and oxygen atoms in total. The Balaban J connectivity index is 1.62. The van der Waals surface area contributed by atoms with Crippen molar-refractivity contribution < 1.29 is 9.53 Å². The van der Waals surface area contributed by atoms with E-state index in [0.29, 0.717) is 16.8 Å². The third kappa shape index (κ3) is 2.71. The molecule has 2 aliphatic rings. The quantitative estimate of drug-likeness (QED) is 0.894. The highest BCUT2D eigenvalue weighted by atomic mass is 35.5. The Hall–Kier alpha value is -1.04. The van der Waals surface area contributed by atoms with Gasteiger partial charge in [0, 0.05) is 38.4 Å². The van der Waals surface area contributed by atoms with Crippen molar-refractivity contribution in [2.24, 2.45) is 7.05 Å². The van der Waals surface area contributed by atoms with Crippen molar-refractivity contribution in [3.63, 3.8) is 0 Å². The second kappa shape index (κ2) is 5.39. The molecule has 110 valence electrons. The first-order valence-corrected chi connectivity index (χ1v) is 7.39. The second-order valence-electron chi connectivity index (χ2n) is 5.81. The summed E-state index contributed by atoms with van der Waals surface area (Å²) in [5.74, 6) is -0.0572. The van der Waals surface area contributed by atoms with Crippen molar-refractivity contribution >= 4 is 17.5 Å². The van der Waals surface area contributed by atoms with E-state index >= 15 is 0 Å². The summed E-state index contributed by atoms with van der Waals surface area (Å²) >= 11 is 5.92. The van der Waals surface area contributed by atoms with E-state index in [4.69, 9.17) is 16.3 Å². The number of ether oxygens (including phenoxy) is 1. The van der Waals surface area contributed by atoms with E-state index in [0.717, 1.165) is 26.1 Å². The number of carbonyl (C=O) groups excluding carboxylic acids is 1. The van der Waals surface area contributed by atoms with E-state index in [1.54, 1.807) is 16.8 Å². The van der Waals surface area contributed by atoms with E-state index in [9.17, 15) is 4.79 Å². The molecule has 0 bridgehead atoms. The van der Waals surface area contributed by atoms with Crippen molar-refractivity contribution in [1.82, 2.24) is 14.8 Å². The number of carbonyl (C=O) groups is 1. The van der Waals surface area contributed by atoms with E-state index in [2.05, 4.69) is 17.1 Å². The average Bonchev–Trinajstić information content (AvgIpc) is 2.91. The first kappa shape index (κ1) is 13.9. The number of morpholine rings is 1. The summed E-state index contributed by atoms with van der Waals surface area (Å²) in [7, 11) is 1.83. The fraction of sp³-hybridized carbons (Fsp3) is 0.643. The standard InChI is InChI=1S/C14H20ClN3O2/c1-9-5-18-7-11(4-12(18)8-20-9)16-14(19)13-3-10(15)6-17(13)2/h3,6,9,11-12H,4-5,7-8H2,1-2H3,(H,16,19)/t9-,11+,12+/m1/s1. The molecule has 1 N–H and O–H groups in total. The van der Waals surface area contributed by atoms with Crippen LogP contribution >= 0.6 is 11.6 Å². The number of amides is 1. The summed E-state index contributed by atoms with van der Waals surface area (Å²) in [5.41, 5.74) is 0.601. The van der Waals surface area contributed by atoms with Crippen LogP contribution in [0.4, 0.5) is 0 Å². The smallest absolute Gasteiger partial charge is 0.268 e. The maximum Gasteiger partial charge on any atom is 0.268 e. The van der Waals surface area contributed by atoms with Crippen molar-refractivity contribution in [3.05, 3.63) is 23.0 Å². The zero-order chi connectivity index (χ0) is 14.3. The molecular formula is C14H20ClN3O2. The van der Waals surface area contributed by atoms with Gasteiger partial charge >= 0.3 is 0 Å². The van der Waals surface area contributed by atoms with Gasteiger partial charge in [0.25, 0.3) is 5.91 Å². The van der Waals surface area contributed by atoms with Crippen LogP contribution in [0.5, 0.6) is 0 Å². The second-order valence-corrected chi connectivity index (χ2v) is 6.25. The molecule has 1 aromatic heterocycles. The average molecular weight is 298 g/mol. The molecule has 0 unspecified atom stereocenters. The summed E-state index contributed by atoms with van der Waals surface area (Å²) in [6, 6.07) is 2.33. The summed E-state index contributed by atoms with van der Waals surface area (Å²) in [4.78, 5) is 14.7. The van der Waals surface area contributed by atoms with Gasteiger partial charge in [-0.15, -0.1) is 0 Å². The van der Waals surface area contributed by atoms with Crippen LogP contribution in [0.15, 0.2) is 12.3 Å². The van der Waals surface area contributed by atoms with Crippen molar-refractivity contribution in [1.29, 1.82) is 0 Å². The molecular weight excluding hydrogens is 278 g/mol. The van der Waals surface area contributed by atoms with E-state index < -0.39 is 0 Å². The monoisotopic (exact) mass is 297 g/mol. The minimum absolute atomic E-state index is 0.0572. The third-order valence-corrected chi connectivity index (χ3v) is 4.34. The molecule has 6 heteroatoms. The van der Waals surface area contributed by atoms with E-state index in [-0.39, 0.29) is 18.1 Å². The van der Waals surface area contributed by atoms with Crippen LogP contribution in [0.3, 0.4) is 0 Å². The molecule has 20 heavy (non-hydrogen) atoms. The maximum absolute atomic E-state index is 12.3. The number of halogens is 1. The first-order valence-electron chi connectivity index (χ1n) is 7.01. The van der Waals surface area contributed by atoms with Crippen molar-refractivity contribution in [2.45, 2.75) is 31.5 Å². The van der Waals surface area contributed by atoms with Gasteiger partial charge in [-0.05, 0) is 19.4 Å².